The standard InChI is InChI=1S/C8H10O3/c1-3-4-6-5(2)7(9)8(10)11-6/h3-4,8,10H,1-2H3/t8-/m0/s1. The summed E-state index contributed by atoms with van der Waals surface area (Å²) in [5.41, 5.74) is 0.482. The van der Waals surface area contributed by atoms with Crippen molar-refractivity contribution >= 4 is 5.78 Å². The fourth-order valence-corrected chi connectivity index (χ4v) is 0.884. The quantitative estimate of drug-likeness (QED) is 0.606. The number of ketones is 1. The van der Waals surface area contributed by atoms with Gasteiger partial charge < -0.3 is 9.84 Å². The molecule has 1 heterocycles. The van der Waals surface area contributed by atoms with E-state index in [1.54, 1.807) is 19.1 Å². The molecule has 0 aromatic rings. The molecule has 0 fully saturated rings. The van der Waals surface area contributed by atoms with Crippen LogP contribution in [0.15, 0.2) is 23.5 Å². The molecule has 1 aliphatic heterocycles. The van der Waals surface area contributed by atoms with Crippen LogP contribution in [0.1, 0.15) is 13.8 Å². The Hall–Kier alpha value is -1.09. The Morgan fingerprint density at radius 2 is 2.27 bits per heavy atom. The minimum Gasteiger partial charge on any atom is -0.457 e. The third kappa shape index (κ3) is 1.33. The van der Waals surface area contributed by atoms with Crippen molar-refractivity contribution in [2.75, 3.05) is 0 Å². The van der Waals surface area contributed by atoms with Crippen molar-refractivity contribution in [1.82, 2.24) is 0 Å². The molecule has 1 rings (SSSR count). The second-order valence-corrected chi connectivity index (χ2v) is 2.32. The molecule has 1 aliphatic rings. The van der Waals surface area contributed by atoms with Crippen molar-refractivity contribution < 1.29 is 14.6 Å². The van der Waals surface area contributed by atoms with E-state index in [2.05, 4.69) is 0 Å². The number of hydrogen-bond donors (Lipinski definition) is 1. The first-order valence-corrected chi connectivity index (χ1v) is 3.39. The Bertz CT molecular complexity index is 238. The van der Waals surface area contributed by atoms with Gasteiger partial charge in [0.25, 0.3) is 6.29 Å². The van der Waals surface area contributed by atoms with E-state index in [-0.39, 0.29) is 5.78 Å². The maximum absolute atomic E-state index is 10.9. The minimum atomic E-state index is -1.29. The summed E-state index contributed by atoms with van der Waals surface area (Å²) in [5.74, 6) is 0.114. The van der Waals surface area contributed by atoms with Crippen LogP contribution in [0.5, 0.6) is 0 Å². The summed E-state index contributed by atoms with van der Waals surface area (Å²) in [6, 6.07) is 0. The molecule has 0 saturated heterocycles. The summed E-state index contributed by atoms with van der Waals surface area (Å²) in [7, 11) is 0. The molecule has 0 saturated carbocycles. The Labute approximate surface area is 65.0 Å². The molecule has 0 amide bonds. The van der Waals surface area contributed by atoms with Gasteiger partial charge in [0, 0.05) is 5.57 Å². The Morgan fingerprint density at radius 1 is 1.64 bits per heavy atom. The summed E-state index contributed by atoms with van der Waals surface area (Å²) >= 11 is 0. The lowest BCUT2D eigenvalue weighted by molar-refractivity contribution is -0.137. The van der Waals surface area contributed by atoms with Gasteiger partial charge in [-0.05, 0) is 19.9 Å². The molecule has 0 radical (unpaired) electrons. The first kappa shape index (κ1) is 8.01. The molecule has 0 aromatic heterocycles. The van der Waals surface area contributed by atoms with E-state index < -0.39 is 6.29 Å². The monoisotopic (exact) mass is 154 g/mol. The summed E-state index contributed by atoms with van der Waals surface area (Å²) in [4.78, 5) is 10.9. The van der Waals surface area contributed by atoms with Crippen LogP contribution in [0.4, 0.5) is 0 Å². The topological polar surface area (TPSA) is 46.5 Å². The Kier molecular flexibility index (Phi) is 2.10. The highest BCUT2D eigenvalue weighted by molar-refractivity contribution is 6.00. The SMILES string of the molecule is CC=CC1=C(C)C(=O)[C@@H](O)O1. The van der Waals surface area contributed by atoms with Crippen LogP contribution in [0.25, 0.3) is 0 Å². The van der Waals surface area contributed by atoms with Crippen LogP contribution in [0, 0.1) is 0 Å². The second-order valence-electron chi connectivity index (χ2n) is 2.32. The smallest absolute Gasteiger partial charge is 0.261 e. The van der Waals surface area contributed by atoms with E-state index >= 15 is 0 Å². The fourth-order valence-electron chi connectivity index (χ4n) is 0.884. The fraction of sp³-hybridized carbons (Fsp3) is 0.375. The molecule has 0 bridgehead atoms. The molecule has 1 N–H and O–H groups in total. The van der Waals surface area contributed by atoms with Crippen LogP contribution >= 0.6 is 0 Å². The zero-order valence-corrected chi connectivity index (χ0v) is 6.50. The maximum Gasteiger partial charge on any atom is 0.261 e. The summed E-state index contributed by atoms with van der Waals surface area (Å²) in [6.45, 7) is 3.45. The van der Waals surface area contributed by atoms with Crippen LogP contribution in [0.3, 0.4) is 0 Å². The van der Waals surface area contributed by atoms with Gasteiger partial charge in [0.15, 0.2) is 0 Å². The molecule has 1 atom stereocenters. The summed E-state index contributed by atoms with van der Waals surface area (Å²) < 4.78 is 4.83. The molecule has 11 heavy (non-hydrogen) atoms. The average molecular weight is 154 g/mol. The zero-order valence-electron chi connectivity index (χ0n) is 6.50. The van der Waals surface area contributed by atoms with Crippen molar-refractivity contribution in [3.05, 3.63) is 23.5 Å². The number of hydrogen-bond acceptors (Lipinski definition) is 3. The number of aliphatic hydroxyl groups excluding tert-OH is 1. The van der Waals surface area contributed by atoms with Gasteiger partial charge in [0.05, 0.1) is 0 Å². The predicted octanol–water partition coefficient (Wildman–Crippen LogP) is 0.754. The molecule has 3 heteroatoms. The van der Waals surface area contributed by atoms with E-state index in [1.807, 2.05) is 6.92 Å². The Morgan fingerprint density at radius 3 is 2.64 bits per heavy atom. The molecule has 60 valence electrons. The van der Waals surface area contributed by atoms with E-state index in [0.717, 1.165) is 0 Å². The number of allylic oxidation sites excluding steroid dienone is 2. The molecular formula is C8H10O3. The maximum atomic E-state index is 10.9. The molecule has 0 aromatic carbocycles. The highest BCUT2D eigenvalue weighted by Crippen LogP contribution is 2.20. The van der Waals surface area contributed by atoms with Gasteiger partial charge in [-0.1, -0.05) is 6.08 Å². The molecule has 3 nitrogen and oxygen atoms in total. The molecule has 0 spiro atoms. The second kappa shape index (κ2) is 2.88. The lowest BCUT2D eigenvalue weighted by Crippen LogP contribution is -2.15. The molecular weight excluding hydrogens is 144 g/mol. The van der Waals surface area contributed by atoms with Gasteiger partial charge in [0.1, 0.15) is 5.76 Å². The highest BCUT2D eigenvalue weighted by Gasteiger charge is 2.28. The zero-order chi connectivity index (χ0) is 8.43. The van der Waals surface area contributed by atoms with Gasteiger partial charge in [-0.25, -0.2) is 0 Å². The van der Waals surface area contributed by atoms with Crippen LogP contribution in [-0.4, -0.2) is 17.2 Å². The van der Waals surface area contributed by atoms with Gasteiger partial charge in [-0.15, -0.1) is 0 Å². The van der Waals surface area contributed by atoms with E-state index in [4.69, 9.17) is 9.84 Å². The van der Waals surface area contributed by atoms with Crippen molar-refractivity contribution in [2.45, 2.75) is 20.1 Å². The normalized spacial score (nSPS) is 25.0. The number of ether oxygens (including phenoxy) is 1. The highest BCUT2D eigenvalue weighted by atomic mass is 16.6. The minimum absolute atomic E-state index is 0.349. The van der Waals surface area contributed by atoms with E-state index in [9.17, 15) is 4.79 Å². The molecule has 0 unspecified atom stereocenters. The lowest BCUT2D eigenvalue weighted by atomic mass is 10.2. The van der Waals surface area contributed by atoms with Crippen molar-refractivity contribution in [2.24, 2.45) is 0 Å². The van der Waals surface area contributed by atoms with Crippen molar-refractivity contribution in [1.29, 1.82) is 0 Å². The van der Waals surface area contributed by atoms with Crippen LogP contribution in [-0.2, 0) is 9.53 Å². The molecule has 0 aliphatic carbocycles. The largest absolute Gasteiger partial charge is 0.457 e. The third-order valence-corrected chi connectivity index (χ3v) is 1.52. The van der Waals surface area contributed by atoms with Gasteiger partial charge in [-0.3, -0.25) is 4.79 Å². The summed E-state index contributed by atoms with van der Waals surface area (Å²) in [5, 5.41) is 8.92. The van der Waals surface area contributed by atoms with Crippen LogP contribution in [0.2, 0.25) is 0 Å². The number of carbonyl (C=O) groups excluding carboxylic acids is 1. The number of aliphatic hydroxyl groups is 1. The number of Topliss-reactive ketones (excluding diaryl/α,β-unsaturated/α-hetero) is 1. The van der Waals surface area contributed by atoms with Crippen molar-refractivity contribution in [3.63, 3.8) is 0 Å². The van der Waals surface area contributed by atoms with Gasteiger partial charge in [0.2, 0.25) is 5.78 Å². The lowest BCUT2D eigenvalue weighted by Gasteiger charge is -2.00. The Balaban J connectivity index is 2.89. The van der Waals surface area contributed by atoms with Gasteiger partial charge >= 0.3 is 0 Å². The van der Waals surface area contributed by atoms with Gasteiger partial charge in [-0.2, -0.15) is 0 Å². The van der Waals surface area contributed by atoms with Crippen LogP contribution < -0.4 is 0 Å². The third-order valence-electron chi connectivity index (χ3n) is 1.52. The summed E-state index contributed by atoms with van der Waals surface area (Å²) in [6.07, 6.45) is 2.12. The predicted molar refractivity (Wildman–Crippen MR) is 39.6 cm³/mol. The number of carbonyl (C=O) groups is 1. The first-order chi connectivity index (χ1) is 5.16. The van der Waals surface area contributed by atoms with E-state index in [1.165, 1.54) is 0 Å². The van der Waals surface area contributed by atoms with Crippen molar-refractivity contribution in [3.8, 4) is 0 Å². The number of rotatable bonds is 1. The first-order valence-electron chi connectivity index (χ1n) is 3.39. The average Bonchev–Trinajstić information content (AvgIpc) is 2.19. The van der Waals surface area contributed by atoms with E-state index in [0.29, 0.717) is 11.3 Å².